The number of benzene rings is 1. The topological polar surface area (TPSA) is 65.6 Å². The molecule has 0 saturated carbocycles. The van der Waals surface area contributed by atoms with Gasteiger partial charge in [0.25, 0.3) is 5.56 Å². The van der Waals surface area contributed by atoms with Crippen LogP contribution in [-0.2, 0) is 6.54 Å². The Morgan fingerprint density at radius 1 is 1.21 bits per heavy atom. The van der Waals surface area contributed by atoms with E-state index in [9.17, 15) is 4.79 Å². The SMILES string of the molecule is C=CCn1cnc2nc3c(cc2c1=O)c(C)nn3-c1ccccc1. The number of aryl methyl sites for hydroxylation is 1. The molecule has 0 spiro atoms. The van der Waals surface area contributed by atoms with Crippen molar-refractivity contribution in [1.29, 1.82) is 0 Å². The molecule has 3 aromatic heterocycles. The van der Waals surface area contributed by atoms with E-state index in [1.165, 1.54) is 10.9 Å². The van der Waals surface area contributed by atoms with Crippen LogP contribution in [0.2, 0.25) is 0 Å². The van der Waals surface area contributed by atoms with Crippen LogP contribution in [0.4, 0.5) is 0 Å². The van der Waals surface area contributed by atoms with Crippen molar-refractivity contribution in [1.82, 2.24) is 24.3 Å². The molecule has 4 aromatic rings. The van der Waals surface area contributed by atoms with E-state index in [0.717, 1.165) is 16.8 Å². The summed E-state index contributed by atoms with van der Waals surface area (Å²) in [6, 6.07) is 11.6. The Morgan fingerprint density at radius 2 is 2.00 bits per heavy atom. The van der Waals surface area contributed by atoms with Crippen molar-refractivity contribution in [2.75, 3.05) is 0 Å². The monoisotopic (exact) mass is 317 g/mol. The molecule has 0 amide bonds. The van der Waals surface area contributed by atoms with Gasteiger partial charge >= 0.3 is 0 Å². The maximum absolute atomic E-state index is 12.6. The van der Waals surface area contributed by atoms with Gasteiger partial charge in [-0.3, -0.25) is 9.36 Å². The average molecular weight is 317 g/mol. The van der Waals surface area contributed by atoms with Crippen LogP contribution in [0.5, 0.6) is 0 Å². The molecule has 0 N–H and O–H groups in total. The van der Waals surface area contributed by atoms with Gasteiger partial charge in [-0.2, -0.15) is 5.10 Å². The summed E-state index contributed by atoms with van der Waals surface area (Å²) in [7, 11) is 0. The Morgan fingerprint density at radius 3 is 2.75 bits per heavy atom. The average Bonchev–Trinajstić information content (AvgIpc) is 2.93. The van der Waals surface area contributed by atoms with E-state index >= 15 is 0 Å². The minimum absolute atomic E-state index is 0.124. The van der Waals surface area contributed by atoms with Crippen molar-refractivity contribution in [3.8, 4) is 5.69 Å². The number of allylic oxidation sites excluding steroid dienone is 1. The third-order valence-electron chi connectivity index (χ3n) is 3.96. The largest absolute Gasteiger partial charge is 0.295 e. The highest BCUT2D eigenvalue weighted by Crippen LogP contribution is 2.22. The fourth-order valence-corrected chi connectivity index (χ4v) is 2.78. The minimum Gasteiger partial charge on any atom is -0.295 e. The second kappa shape index (κ2) is 5.42. The lowest BCUT2D eigenvalue weighted by atomic mass is 10.2. The number of rotatable bonds is 3. The van der Waals surface area contributed by atoms with Gasteiger partial charge in [-0.25, -0.2) is 14.6 Å². The zero-order valence-corrected chi connectivity index (χ0v) is 13.2. The molecule has 0 aliphatic carbocycles. The molecule has 0 bridgehead atoms. The van der Waals surface area contributed by atoms with Crippen LogP contribution in [0, 0.1) is 6.92 Å². The number of aromatic nitrogens is 5. The normalized spacial score (nSPS) is 11.2. The zero-order valence-electron chi connectivity index (χ0n) is 13.2. The van der Waals surface area contributed by atoms with Gasteiger partial charge in [0, 0.05) is 11.9 Å². The van der Waals surface area contributed by atoms with Gasteiger partial charge in [0.05, 0.1) is 16.8 Å². The van der Waals surface area contributed by atoms with Gasteiger partial charge in [0.15, 0.2) is 11.3 Å². The molecule has 6 heteroatoms. The van der Waals surface area contributed by atoms with E-state index in [1.54, 1.807) is 10.8 Å². The molecule has 24 heavy (non-hydrogen) atoms. The third kappa shape index (κ3) is 2.11. The molecule has 6 nitrogen and oxygen atoms in total. The maximum atomic E-state index is 12.6. The summed E-state index contributed by atoms with van der Waals surface area (Å²) in [6.07, 6.45) is 3.17. The predicted octanol–water partition coefficient (Wildman–Crippen LogP) is 2.62. The standard InChI is InChI=1S/C18H15N5O/c1-3-9-22-11-19-16-15(18(22)24)10-14-12(2)21-23(17(14)20-16)13-7-5-4-6-8-13/h3-8,10-11H,1,9H2,2H3. The van der Waals surface area contributed by atoms with Crippen molar-refractivity contribution in [2.24, 2.45) is 0 Å². The molecular weight excluding hydrogens is 302 g/mol. The van der Waals surface area contributed by atoms with Crippen LogP contribution < -0.4 is 5.56 Å². The molecular formula is C18H15N5O. The molecule has 0 unspecified atom stereocenters. The molecule has 0 atom stereocenters. The second-order valence-corrected chi connectivity index (χ2v) is 5.55. The first-order chi connectivity index (χ1) is 11.7. The van der Waals surface area contributed by atoms with E-state index in [0.29, 0.717) is 23.2 Å². The number of hydrogen-bond donors (Lipinski definition) is 0. The van der Waals surface area contributed by atoms with Crippen molar-refractivity contribution >= 4 is 22.1 Å². The molecule has 0 radical (unpaired) electrons. The fourth-order valence-electron chi connectivity index (χ4n) is 2.78. The van der Waals surface area contributed by atoms with Crippen molar-refractivity contribution in [3.63, 3.8) is 0 Å². The smallest absolute Gasteiger partial charge is 0.263 e. The first-order valence-electron chi connectivity index (χ1n) is 7.61. The van der Waals surface area contributed by atoms with Crippen LogP contribution in [0.1, 0.15) is 5.69 Å². The number of fused-ring (bicyclic) bond motifs is 2. The van der Waals surface area contributed by atoms with Crippen molar-refractivity contribution in [2.45, 2.75) is 13.5 Å². The summed E-state index contributed by atoms with van der Waals surface area (Å²) < 4.78 is 3.29. The summed E-state index contributed by atoms with van der Waals surface area (Å²) in [6.45, 7) is 5.99. The number of nitrogens with zero attached hydrogens (tertiary/aromatic N) is 5. The molecule has 0 aliphatic rings. The Bertz CT molecular complexity index is 1130. The number of hydrogen-bond acceptors (Lipinski definition) is 4. The van der Waals surface area contributed by atoms with Crippen LogP contribution in [0.25, 0.3) is 27.8 Å². The Labute approximate surface area is 137 Å². The Balaban J connectivity index is 2.04. The molecule has 0 aliphatic heterocycles. The first kappa shape index (κ1) is 14.3. The van der Waals surface area contributed by atoms with E-state index in [4.69, 9.17) is 0 Å². The number of pyridine rings is 1. The maximum Gasteiger partial charge on any atom is 0.263 e. The molecule has 118 valence electrons. The van der Waals surface area contributed by atoms with Gasteiger partial charge < -0.3 is 0 Å². The molecule has 0 fully saturated rings. The Kier molecular flexibility index (Phi) is 3.23. The number of para-hydroxylation sites is 1. The molecule has 4 rings (SSSR count). The van der Waals surface area contributed by atoms with Gasteiger partial charge in [-0.1, -0.05) is 24.3 Å². The summed E-state index contributed by atoms with van der Waals surface area (Å²) in [4.78, 5) is 21.5. The van der Waals surface area contributed by atoms with Gasteiger partial charge in [-0.15, -0.1) is 6.58 Å². The van der Waals surface area contributed by atoms with E-state index in [1.807, 2.05) is 43.3 Å². The predicted molar refractivity (Wildman–Crippen MR) is 93.4 cm³/mol. The zero-order chi connectivity index (χ0) is 16.7. The van der Waals surface area contributed by atoms with Crippen LogP contribution >= 0.6 is 0 Å². The lowest BCUT2D eigenvalue weighted by Gasteiger charge is -2.05. The lowest BCUT2D eigenvalue weighted by molar-refractivity contribution is 0.766. The molecule has 3 heterocycles. The fraction of sp³-hybridized carbons (Fsp3) is 0.111. The van der Waals surface area contributed by atoms with E-state index in [2.05, 4.69) is 21.6 Å². The van der Waals surface area contributed by atoms with Gasteiger partial charge in [0.2, 0.25) is 0 Å². The summed E-state index contributed by atoms with van der Waals surface area (Å²) in [5, 5.41) is 5.91. The lowest BCUT2D eigenvalue weighted by Crippen LogP contribution is -2.20. The van der Waals surface area contributed by atoms with E-state index in [-0.39, 0.29) is 5.56 Å². The van der Waals surface area contributed by atoms with Gasteiger partial charge in [-0.05, 0) is 25.1 Å². The van der Waals surface area contributed by atoms with E-state index < -0.39 is 0 Å². The highest BCUT2D eigenvalue weighted by atomic mass is 16.1. The third-order valence-corrected chi connectivity index (χ3v) is 3.96. The summed E-state index contributed by atoms with van der Waals surface area (Å²) >= 11 is 0. The second-order valence-electron chi connectivity index (χ2n) is 5.55. The highest BCUT2D eigenvalue weighted by molar-refractivity contribution is 5.91. The quantitative estimate of drug-likeness (QED) is 0.545. The minimum atomic E-state index is -0.124. The molecule has 0 saturated heterocycles. The van der Waals surface area contributed by atoms with Crippen LogP contribution in [0.15, 0.2) is 60.2 Å². The van der Waals surface area contributed by atoms with Crippen LogP contribution in [-0.4, -0.2) is 24.3 Å². The van der Waals surface area contributed by atoms with Crippen molar-refractivity contribution in [3.05, 3.63) is 71.4 Å². The van der Waals surface area contributed by atoms with Crippen molar-refractivity contribution < 1.29 is 0 Å². The first-order valence-corrected chi connectivity index (χ1v) is 7.61. The van der Waals surface area contributed by atoms with Crippen LogP contribution in [0.3, 0.4) is 0 Å². The highest BCUT2D eigenvalue weighted by Gasteiger charge is 2.14. The Hall–Kier alpha value is -3.28. The summed E-state index contributed by atoms with van der Waals surface area (Å²) in [5.74, 6) is 0. The summed E-state index contributed by atoms with van der Waals surface area (Å²) in [5.41, 5.74) is 2.73. The molecule has 1 aromatic carbocycles. The van der Waals surface area contributed by atoms with Gasteiger partial charge in [0.1, 0.15) is 6.33 Å².